The van der Waals surface area contributed by atoms with Crippen LogP contribution in [0.5, 0.6) is 17.2 Å². The Kier molecular flexibility index (Phi) is 11.4. The molecule has 4 amide bonds. The van der Waals surface area contributed by atoms with E-state index in [1.54, 1.807) is 89.0 Å². The molecule has 0 aliphatic carbocycles. The van der Waals surface area contributed by atoms with Crippen LogP contribution in [0.1, 0.15) is 59.9 Å². The van der Waals surface area contributed by atoms with Crippen molar-refractivity contribution in [2.75, 3.05) is 27.4 Å². The van der Waals surface area contributed by atoms with Crippen molar-refractivity contribution >= 4 is 45.2 Å². The van der Waals surface area contributed by atoms with Gasteiger partial charge in [-0.05, 0) is 74.4 Å². The molecule has 0 unspecified atom stereocenters. The molecule has 0 spiro atoms. The molecular weight excluding hydrogens is 713 g/mol. The number of amides is 4. The summed E-state index contributed by atoms with van der Waals surface area (Å²) in [4.78, 5) is 63.3. The zero-order chi connectivity index (χ0) is 38.4. The lowest BCUT2D eigenvalue weighted by Gasteiger charge is -2.29. The number of carbonyl (C=O) groups is 4. The highest BCUT2D eigenvalue weighted by Crippen LogP contribution is 2.28. The van der Waals surface area contributed by atoms with Crippen molar-refractivity contribution in [3.8, 4) is 17.2 Å². The summed E-state index contributed by atoms with van der Waals surface area (Å²) in [5.41, 5.74) is 3.02. The lowest BCUT2D eigenvalue weighted by atomic mass is 10.00. The van der Waals surface area contributed by atoms with Gasteiger partial charge in [0.1, 0.15) is 36.3 Å². The predicted molar refractivity (Wildman–Crippen MR) is 201 cm³/mol. The standard InChI is InChI=1S/C38H42N8O7S/c1-22-34-43-32(18-24-8-13-29(51-4)30(17-24)52-5)45-46(34)20-33(47)39-14-15-53-26-10-6-23(7-11-26)16-28(36(49)44-38(2,3)37(50)41-22)42-35(48)25-9-12-27-31(19-25)54-21-40-27/h6-13,17,19,21-22,28H,14-16,18,20H2,1-5H3,(H,39,47)(H,41,50)(H,42,48)(H,44,49)/t22-,28+/m1/s1. The fourth-order valence-electron chi connectivity index (χ4n) is 5.94. The molecule has 7 rings (SSSR count). The third kappa shape index (κ3) is 8.94. The van der Waals surface area contributed by atoms with Crippen LogP contribution in [0.25, 0.3) is 10.2 Å². The molecule has 4 N–H and O–H groups in total. The first kappa shape index (κ1) is 37.7. The van der Waals surface area contributed by atoms with Crippen LogP contribution in [-0.2, 0) is 33.8 Å². The summed E-state index contributed by atoms with van der Waals surface area (Å²) in [6.45, 7) is 5.13. The molecule has 15 nitrogen and oxygen atoms in total. The second-order valence-corrected chi connectivity index (χ2v) is 14.2. The molecule has 2 aliphatic heterocycles. The topological polar surface area (TPSA) is 188 Å². The number of ether oxygens (including phenoxy) is 3. The Morgan fingerprint density at radius 1 is 1.04 bits per heavy atom. The van der Waals surface area contributed by atoms with Gasteiger partial charge in [0, 0.05) is 18.4 Å². The van der Waals surface area contributed by atoms with Crippen LogP contribution < -0.4 is 35.5 Å². The Morgan fingerprint density at radius 3 is 2.57 bits per heavy atom. The summed E-state index contributed by atoms with van der Waals surface area (Å²) in [6, 6.07) is 16.0. The van der Waals surface area contributed by atoms with E-state index >= 15 is 0 Å². The second kappa shape index (κ2) is 16.3. The van der Waals surface area contributed by atoms with E-state index in [1.165, 1.54) is 16.0 Å². The first-order valence-corrected chi connectivity index (χ1v) is 18.2. The van der Waals surface area contributed by atoms with E-state index < -0.39 is 35.3 Å². The lowest BCUT2D eigenvalue weighted by molar-refractivity contribution is -0.133. The smallest absolute Gasteiger partial charge is 0.251 e. The van der Waals surface area contributed by atoms with Gasteiger partial charge in [0.25, 0.3) is 5.91 Å². The van der Waals surface area contributed by atoms with Crippen molar-refractivity contribution in [3.05, 3.63) is 94.5 Å². The number of thiazole rings is 1. The highest BCUT2D eigenvalue weighted by molar-refractivity contribution is 7.16. The van der Waals surface area contributed by atoms with Crippen molar-refractivity contribution in [3.63, 3.8) is 0 Å². The number of methoxy groups -OCH3 is 2. The van der Waals surface area contributed by atoms with Crippen molar-refractivity contribution in [2.45, 2.75) is 57.8 Å². The Morgan fingerprint density at radius 2 is 1.81 bits per heavy atom. The minimum atomic E-state index is -1.43. The van der Waals surface area contributed by atoms with Crippen molar-refractivity contribution < 1.29 is 33.4 Å². The van der Waals surface area contributed by atoms with E-state index in [9.17, 15) is 19.2 Å². The molecule has 5 aromatic rings. The summed E-state index contributed by atoms with van der Waals surface area (Å²) in [7, 11) is 3.11. The summed E-state index contributed by atoms with van der Waals surface area (Å²) in [6.07, 6.45) is 0.443. The predicted octanol–water partition coefficient (Wildman–Crippen LogP) is 3.12. The average molecular weight is 755 g/mol. The van der Waals surface area contributed by atoms with E-state index in [-0.39, 0.29) is 32.0 Å². The molecule has 2 aromatic heterocycles. The van der Waals surface area contributed by atoms with Gasteiger partial charge in [-0.3, -0.25) is 19.2 Å². The maximum atomic E-state index is 14.0. The van der Waals surface area contributed by atoms with Gasteiger partial charge in [0.05, 0.1) is 42.5 Å². The highest BCUT2D eigenvalue weighted by atomic mass is 32.1. The monoisotopic (exact) mass is 754 g/mol. The number of hydrogen-bond acceptors (Lipinski definition) is 11. The largest absolute Gasteiger partial charge is 0.493 e. The van der Waals surface area contributed by atoms with Crippen molar-refractivity contribution in [1.82, 2.24) is 41.0 Å². The zero-order valence-corrected chi connectivity index (χ0v) is 31.4. The minimum Gasteiger partial charge on any atom is -0.493 e. The number of hydrogen-bond donors (Lipinski definition) is 4. The molecule has 0 radical (unpaired) electrons. The van der Waals surface area contributed by atoms with Crippen LogP contribution in [0, 0.1) is 0 Å². The van der Waals surface area contributed by atoms with E-state index in [2.05, 4.69) is 31.3 Å². The number of aromatic nitrogens is 4. The molecule has 2 bridgehead atoms. The number of rotatable bonds is 6. The molecule has 0 saturated carbocycles. The zero-order valence-electron chi connectivity index (χ0n) is 30.6. The number of carbonyl (C=O) groups excluding carboxylic acids is 4. The SMILES string of the molecule is COc1ccc(Cc2nc3n(n2)CC(=O)NCCOc2ccc(cc2)C[C@H](NC(=O)c2ccc4ncsc4c2)C(=O)NC(C)(C)C(=O)N[C@@H]3C)cc1OC. The van der Waals surface area contributed by atoms with Gasteiger partial charge < -0.3 is 35.5 Å². The number of benzene rings is 3. The van der Waals surface area contributed by atoms with E-state index in [0.717, 1.165) is 21.3 Å². The molecular formula is C38H42N8O7S. The third-order valence-electron chi connectivity index (χ3n) is 8.86. The molecule has 16 heteroatoms. The molecule has 54 heavy (non-hydrogen) atoms. The van der Waals surface area contributed by atoms with Crippen LogP contribution in [0.3, 0.4) is 0 Å². The number of fused-ring (bicyclic) bond motifs is 15. The summed E-state index contributed by atoms with van der Waals surface area (Å²) in [5.74, 6) is 0.609. The Balaban J connectivity index is 1.26. The van der Waals surface area contributed by atoms with Gasteiger partial charge in [0.15, 0.2) is 17.3 Å². The Labute approximate surface area is 315 Å². The maximum absolute atomic E-state index is 14.0. The maximum Gasteiger partial charge on any atom is 0.251 e. The van der Waals surface area contributed by atoms with Gasteiger partial charge >= 0.3 is 0 Å². The van der Waals surface area contributed by atoms with Gasteiger partial charge in [-0.15, -0.1) is 11.3 Å². The summed E-state index contributed by atoms with van der Waals surface area (Å²) < 4.78 is 18.9. The lowest BCUT2D eigenvalue weighted by Crippen LogP contribution is -2.59. The van der Waals surface area contributed by atoms with E-state index in [0.29, 0.717) is 40.9 Å². The minimum absolute atomic E-state index is 0.136. The fourth-order valence-corrected chi connectivity index (χ4v) is 6.65. The highest BCUT2D eigenvalue weighted by Gasteiger charge is 2.35. The van der Waals surface area contributed by atoms with Crippen LogP contribution in [0.4, 0.5) is 0 Å². The van der Waals surface area contributed by atoms with Gasteiger partial charge in [-0.1, -0.05) is 18.2 Å². The van der Waals surface area contributed by atoms with Crippen LogP contribution in [0.2, 0.25) is 0 Å². The number of nitrogens with one attached hydrogen (secondary N) is 4. The van der Waals surface area contributed by atoms with Crippen LogP contribution in [-0.4, -0.2) is 82.3 Å². The third-order valence-corrected chi connectivity index (χ3v) is 9.65. The molecule has 3 aromatic carbocycles. The first-order chi connectivity index (χ1) is 25.9. The summed E-state index contributed by atoms with van der Waals surface area (Å²) >= 11 is 1.41. The first-order valence-electron chi connectivity index (χ1n) is 17.3. The van der Waals surface area contributed by atoms with Gasteiger partial charge in [0.2, 0.25) is 17.7 Å². The Hall–Kier alpha value is -6.03. The van der Waals surface area contributed by atoms with Crippen molar-refractivity contribution in [1.29, 1.82) is 0 Å². The fraction of sp³-hybridized carbons (Fsp3) is 0.342. The average Bonchev–Trinajstić information content (AvgIpc) is 3.79. The molecule has 0 saturated heterocycles. The summed E-state index contributed by atoms with van der Waals surface area (Å²) in [5, 5.41) is 16.1. The van der Waals surface area contributed by atoms with Gasteiger partial charge in [-0.25, -0.2) is 14.6 Å². The molecule has 282 valence electrons. The molecule has 0 fully saturated rings. The quantitative estimate of drug-likeness (QED) is 0.201. The molecule has 2 aliphatic rings. The number of nitrogens with zero attached hydrogens (tertiary/aromatic N) is 4. The van der Waals surface area contributed by atoms with Gasteiger partial charge in [-0.2, -0.15) is 5.10 Å². The second-order valence-electron chi connectivity index (χ2n) is 13.3. The van der Waals surface area contributed by atoms with E-state index in [1.807, 2.05) is 12.1 Å². The molecule has 4 heterocycles. The van der Waals surface area contributed by atoms with Crippen LogP contribution in [0.15, 0.2) is 66.2 Å². The molecule has 2 atom stereocenters. The van der Waals surface area contributed by atoms with Crippen molar-refractivity contribution in [2.24, 2.45) is 0 Å². The van der Waals surface area contributed by atoms with E-state index in [4.69, 9.17) is 19.2 Å². The normalized spacial score (nSPS) is 18.1. The van der Waals surface area contributed by atoms with Crippen LogP contribution >= 0.6 is 11.3 Å². The Bertz CT molecular complexity index is 2160.